The predicted octanol–water partition coefficient (Wildman–Crippen LogP) is 6.34. The van der Waals surface area contributed by atoms with Crippen LogP contribution in [0, 0.1) is 5.92 Å². The average Bonchev–Trinajstić information content (AvgIpc) is 3.59. The highest BCUT2D eigenvalue weighted by Crippen LogP contribution is 2.40. The van der Waals surface area contributed by atoms with Crippen LogP contribution >= 0.6 is 23.4 Å². The van der Waals surface area contributed by atoms with E-state index in [1.54, 1.807) is 49.9 Å². The Labute approximate surface area is 198 Å². The molecule has 0 heterocycles. The average molecular weight is 477 g/mol. The van der Waals surface area contributed by atoms with Gasteiger partial charge < -0.3 is 14.9 Å². The number of hydrogen-bond acceptors (Lipinski definition) is 5. The first-order valence-electron chi connectivity index (χ1n) is 11.0. The van der Waals surface area contributed by atoms with Crippen molar-refractivity contribution in [2.24, 2.45) is 5.92 Å². The molecule has 0 bridgehead atoms. The Hall–Kier alpha value is -2.18. The first kappa shape index (κ1) is 24.5. The Morgan fingerprint density at radius 1 is 1.25 bits per heavy atom. The van der Waals surface area contributed by atoms with Crippen molar-refractivity contribution in [3.8, 4) is 11.5 Å². The lowest BCUT2D eigenvalue weighted by atomic mass is 9.99. The minimum Gasteiger partial charge on any atom is -0.507 e. The van der Waals surface area contributed by atoms with Gasteiger partial charge >= 0.3 is 5.97 Å². The van der Waals surface area contributed by atoms with Crippen LogP contribution in [0.25, 0.3) is 0 Å². The molecule has 172 valence electrons. The predicted molar refractivity (Wildman–Crippen MR) is 127 cm³/mol. The van der Waals surface area contributed by atoms with Crippen molar-refractivity contribution in [3.63, 3.8) is 0 Å². The Morgan fingerprint density at radius 3 is 2.62 bits per heavy atom. The summed E-state index contributed by atoms with van der Waals surface area (Å²) in [6.45, 7) is 3.91. The zero-order valence-corrected chi connectivity index (χ0v) is 20.0. The summed E-state index contributed by atoms with van der Waals surface area (Å²) in [5.41, 5.74) is 1.80. The van der Waals surface area contributed by atoms with Crippen LogP contribution in [-0.2, 0) is 11.2 Å². The van der Waals surface area contributed by atoms with Gasteiger partial charge in [-0.05, 0) is 68.4 Å². The second-order valence-corrected chi connectivity index (χ2v) is 9.71. The summed E-state index contributed by atoms with van der Waals surface area (Å²) in [7, 11) is 0. The number of aromatic hydroxyl groups is 1. The van der Waals surface area contributed by atoms with Crippen molar-refractivity contribution in [2.75, 3.05) is 12.4 Å². The van der Waals surface area contributed by atoms with Crippen molar-refractivity contribution in [1.82, 2.24) is 0 Å². The van der Waals surface area contributed by atoms with Gasteiger partial charge in [0.15, 0.2) is 5.78 Å². The number of benzene rings is 2. The smallest absolute Gasteiger partial charge is 0.310 e. The number of Topliss-reactive ketones (excluding diaryl/α,β-unsaturated/α-hetero) is 1. The number of carboxylic acids is 1. The van der Waals surface area contributed by atoms with Crippen molar-refractivity contribution < 1.29 is 24.5 Å². The molecule has 1 aliphatic rings. The maximum atomic E-state index is 12.1. The molecule has 2 N–H and O–H groups in total. The number of thioether (sulfide) groups is 1. The highest BCUT2D eigenvalue weighted by atomic mass is 35.5. The lowest BCUT2D eigenvalue weighted by molar-refractivity contribution is -0.138. The van der Waals surface area contributed by atoms with E-state index in [2.05, 4.69) is 0 Å². The van der Waals surface area contributed by atoms with E-state index in [9.17, 15) is 14.7 Å². The fourth-order valence-corrected chi connectivity index (χ4v) is 4.64. The molecule has 1 saturated carbocycles. The normalized spacial score (nSPS) is 14.2. The fourth-order valence-electron chi connectivity index (χ4n) is 3.45. The van der Waals surface area contributed by atoms with E-state index in [0.29, 0.717) is 40.8 Å². The van der Waals surface area contributed by atoms with Crippen LogP contribution in [-0.4, -0.2) is 34.3 Å². The number of ether oxygens (including phenoxy) is 1. The highest BCUT2D eigenvalue weighted by molar-refractivity contribution is 7.99. The monoisotopic (exact) mass is 476 g/mol. The van der Waals surface area contributed by atoms with Crippen LogP contribution in [0.15, 0.2) is 35.2 Å². The number of carbonyl (C=O) groups is 2. The van der Waals surface area contributed by atoms with E-state index < -0.39 is 11.9 Å². The molecule has 0 spiro atoms. The third kappa shape index (κ3) is 6.20. The van der Waals surface area contributed by atoms with Crippen molar-refractivity contribution >= 4 is 35.1 Å². The van der Waals surface area contributed by atoms with Crippen LogP contribution in [0.4, 0.5) is 0 Å². The molecule has 0 radical (unpaired) electrons. The van der Waals surface area contributed by atoms with Crippen LogP contribution in [0.5, 0.6) is 11.5 Å². The van der Waals surface area contributed by atoms with Gasteiger partial charge in [0.1, 0.15) is 11.5 Å². The second-order valence-electron chi connectivity index (χ2n) is 8.16. The number of carboxylic acid groups (broad SMARTS) is 1. The summed E-state index contributed by atoms with van der Waals surface area (Å²) in [6, 6.07) is 8.83. The van der Waals surface area contributed by atoms with Crippen molar-refractivity contribution in [1.29, 1.82) is 0 Å². The zero-order valence-electron chi connectivity index (χ0n) is 18.4. The number of phenolic OH excluding ortho intramolecular Hbond substituents is 1. The van der Waals surface area contributed by atoms with Gasteiger partial charge in [-0.25, -0.2) is 0 Å². The number of aliphatic carboxylic acids is 1. The summed E-state index contributed by atoms with van der Waals surface area (Å²) >= 11 is 7.93. The molecule has 0 aromatic heterocycles. The third-order valence-corrected chi connectivity index (χ3v) is 7.27. The van der Waals surface area contributed by atoms with Gasteiger partial charge in [-0.1, -0.05) is 24.6 Å². The third-order valence-electron chi connectivity index (χ3n) is 5.68. The van der Waals surface area contributed by atoms with E-state index in [1.165, 1.54) is 0 Å². The molecular formula is C25H29ClO5S. The lowest BCUT2D eigenvalue weighted by Gasteiger charge is -2.15. The van der Waals surface area contributed by atoms with Gasteiger partial charge in [0.25, 0.3) is 0 Å². The van der Waals surface area contributed by atoms with Gasteiger partial charge in [-0.2, -0.15) is 0 Å². The minimum absolute atomic E-state index is 0.0665. The van der Waals surface area contributed by atoms with Crippen molar-refractivity contribution in [2.45, 2.75) is 56.8 Å². The molecule has 1 atom stereocenters. The number of carbonyl (C=O) groups excluding carboxylic acids is 1. The quantitative estimate of drug-likeness (QED) is 0.211. The molecule has 5 nitrogen and oxygen atoms in total. The first-order chi connectivity index (χ1) is 15.3. The van der Waals surface area contributed by atoms with Gasteiger partial charge in [0.05, 0.1) is 23.1 Å². The van der Waals surface area contributed by atoms with Crippen LogP contribution in [0.1, 0.15) is 66.9 Å². The van der Waals surface area contributed by atoms with Gasteiger partial charge in [0.2, 0.25) is 0 Å². The Bertz CT molecular complexity index is 987. The summed E-state index contributed by atoms with van der Waals surface area (Å²) in [5, 5.41) is 20.4. The number of hydrogen-bond donors (Lipinski definition) is 2. The SMILES string of the molecule is CCC(=O)c1ccc(OCCCSc2ccc(C(C)C(=O)O)cc2Cl)c(CC2CC2)c1O. The molecular weight excluding hydrogens is 448 g/mol. The number of rotatable bonds is 12. The van der Waals surface area contributed by atoms with E-state index in [-0.39, 0.29) is 11.5 Å². The summed E-state index contributed by atoms with van der Waals surface area (Å²) < 4.78 is 5.98. The minimum atomic E-state index is -0.877. The Kier molecular flexibility index (Phi) is 8.49. The van der Waals surface area contributed by atoms with E-state index in [0.717, 1.165) is 41.9 Å². The molecule has 0 saturated heterocycles. The molecule has 1 fully saturated rings. The standard InChI is InChI=1S/C25H29ClO5S/c1-3-21(27)18-8-9-22(19(24(18)28)13-16-5-6-16)31-11-4-12-32-23-10-7-17(14-20(23)26)15(2)25(29)30/h7-10,14-16,28H,3-6,11-13H2,1-2H3,(H,29,30). The van der Waals surface area contributed by atoms with Gasteiger partial charge in [-0.15, -0.1) is 11.8 Å². The van der Waals surface area contributed by atoms with E-state index >= 15 is 0 Å². The van der Waals surface area contributed by atoms with Crippen molar-refractivity contribution in [3.05, 3.63) is 52.0 Å². The summed E-state index contributed by atoms with van der Waals surface area (Å²) in [6.07, 6.45) is 4.15. The molecule has 2 aromatic rings. The Morgan fingerprint density at radius 2 is 2.00 bits per heavy atom. The second kappa shape index (κ2) is 11.1. The summed E-state index contributed by atoms with van der Waals surface area (Å²) in [4.78, 5) is 24.2. The molecule has 1 aliphatic carbocycles. The topological polar surface area (TPSA) is 83.8 Å². The number of phenols is 1. The van der Waals surface area contributed by atoms with Crippen LogP contribution in [0.2, 0.25) is 5.02 Å². The van der Waals surface area contributed by atoms with E-state index in [4.69, 9.17) is 21.4 Å². The number of halogens is 1. The van der Waals surface area contributed by atoms with Crippen LogP contribution in [0.3, 0.4) is 0 Å². The molecule has 0 aliphatic heterocycles. The zero-order chi connectivity index (χ0) is 23.3. The number of ketones is 1. The maximum absolute atomic E-state index is 12.1. The molecule has 7 heteroatoms. The molecule has 2 aromatic carbocycles. The highest BCUT2D eigenvalue weighted by Gasteiger charge is 2.27. The molecule has 3 rings (SSSR count). The van der Waals surface area contributed by atoms with E-state index in [1.807, 2.05) is 6.07 Å². The van der Waals surface area contributed by atoms with Crippen LogP contribution < -0.4 is 4.74 Å². The fraction of sp³-hybridized carbons (Fsp3) is 0.440. The molecule has 1 unspecified atom stereocenters. The maximum Gasteiger partial charge on any atom is 0.310 e. The Balaban J connectivity index is 1.56. The summed E-state index contributed by atoms with van der Waals surface area (Å²) in [5.74, 6) is 0.514. The van der Waals surface area contributed by atoms with Gasteiger partial charge in [0, 0.05) is 22.6 Å². The molecule has 32 heavy (non-hydrogen) atoms. The molecule has 0 amide bonds. The first-order valence-corrected chi connectivity index (χ1v) is 12.3. The van der Waals surface area contributed by atoms with Gasteiger partial charge in [-0.3, -0.25) is 9.59 Å². The lowest BCUT2D eigenvalue weighted by Crippen LogP contribution is -2.07. The largest absolute Gasteiger partial charge is 0.507 e.